The molecule has 2 N–H and O–H groups in total. The van der Waals surface area contributed by atoms with E-state index in [1.54, 1.807) is 0 Å². The van der Waals surface area contributed by atoms with E-state index in [9.17, 15) is 5.11 Å². The third-order valence-electron chi connectivity index (χ3n) is 4.54. The number of rotatable bonds is 3. The Bertz CT molecular complexity index is 460. The van der Waals surface area contributed by atoms with Crippen LogP contribution in [0.2, 0.25) is 0 Å². The number of fused-ring (bicyclic) bond motifs is 1. The van der Waals surface area contributed by atoms with Crippen LogP contribution in [0.1, 0.15) is 43.2 Å². The van der Waals surface area contributed by atoms with Crippen LogP contribution in [-0.2, 0) is 6.42 Å². The zero-order chi connectivity index (χ0) is 13.9. The average Bonchev–Trinajstić information content (AvgIpc) is 2.71. The van der Waals surface area contributed by atoms with Crippen molar-refractivity contribution in [2.75, 3.05) is 6.54 Å². The molecule has 1 aliphatic carbocycles. The first-order chi connectivity index (χ1) is 9.72. The van der Waals surface area contributed by atoms with Crippen molar-refractivity contribution in [2.45, 2.75) is 63.7 Å². The summed E-state index contributed by atoms with van der Waals surface area (Å²) in [7, 11) is 0. The highest BCUT2D eigenvalue weighted by molar-refractivity contribution is 5.40. The van der Waals surface area contributed by atoms with Crippen LogP contribution < -0.4 is 10.1 Å². The number of aliphatic hydroxyl groups is 1. The molecule has 0 saturated heterocycles. The molecular formula is C17H25NO2. The largest absolute Gasteiger partial charge is 0.488 e. The molecule has 3 nitrogen and oxygen atoms in total. The van der Waals surface area contributed by atoms with E-state index < -0.39 is 0 Å². The number of ether oxygens (including phenoxy) is 1. The van der Waals surface area contributed by atoms with Gasteiger partial charge in [0.2, 0.25) is 0 Å². The predicted octanol–water partition coefficient (Wildman–Crippen LogP) is 2.58. The predicted molar refractivity (Wildman–Crippen MR) is 80.2 cm³/mol. The quantitative estimate of drug-likeness (QED) is 0.833. The molecule has 1 aromatic rings. The van der Waals surface area contributed by atoms with E-state index in [0.717, 1.165) is 38.0 Å². The lowest BCUT2D eigenvalue weighted by Gasteiger charge is -2.23. The zero-order valence-electron chi connectivity index (χ0n) is 12.3. The molecule has 3 unspecified atom stereocenters. The summed E-state index contributed by atoms with van der Waals surface area (Å²) >= 11 is 0. The first-order valence-corrected chi connectivity index (χ1v) is 7.90. The van der Waals surface area contributed by atoms with Gasteiger partial charge in [0, 0.05) is 19.0 Å². The van der Waals surface area contributed by atoms with Crippen LogP contribution in [0.3, 0.4) is 0 Å². The maximum absolute atomic E-state index is 10.1. The Labute approximate surface area is 121 Å². The molecule has 3 heteroatoms. The van der Waals surface area contributed by atoms with Gasteiger partial charge in [-0.1, -0.05) is 37.0 Å². The molecule has 0 bridgehead atoms. The molecule has 110 valence electrons. The molecule has 0 aromatic heterocycles. The monoisotopic (exact) mass is 275 g/mol. The first kappa shape index (κ1) is 13.9. The van der Waals surface area contributed by atoms with Gasteiger partial charge in [-0.25, -0.2) is 0 Å². The lowest BCUT2D eigenvalue weighted by Crippen LogP contribution is -2.43. The minimum absolute atomic E-state index is 0.191. The second-order valence-corrected chi connectivity index (χ2v) is 6.28. The molecule has 1 fully saturated rings. The Morgan fingerprint density at radius 2 is 2.10 bits per heavy atom. The Kier molecular flexibility index (Phi) is 4.27. The summed E-state index contributed by atoms with van der Waals surface area (Å²) in [6, 6.07) is 6.64. The molecular weight excluding hydrogens is 250 g/mol. The van der Waals surface area contributed by atoms with Crippen molar-refractivity contribution in [3.63, 3.8) is 0 Å². The number of aryl methyl sites for hydroxylation is 1. The molecule has 1 aromatic carbocycles. The fraction of sp³-hybridized carbons (Fsp3) is 0.647. The van der Waals surface area contributed by atoms with Gasteiger partial charge < -0.3 is 15.2 Å². The molecule has 20 heavy (non-hydrogen) atoms. The van der Waals surface area contributed by atoms with E-state index in [0.29, 0.717) is 0 Å². The molecule has 2 aliphatic rings. The van der Waals surface area contributed by atoms with Gasteiger partial charge in [0.05, 0.1) is 6.10 Å². The summed E-state index contributed by atoms with van der Waals surface area (Å²) in [5, 5.41) is 13.7. The van der Waals surface area contributed by atoms with Gasteiger partial charge in [-0.3, -0.25) is 0 Å². The van der Waals surface area contributed by atoms with Gasteiger partial charge in [-0.05, 0) is 31.4 Å². The zero-order valence-corrected chi connectivity index (χ0v) is 12.3. The van der Waals surface area contributed by atoms with E-state index >= 15 is 0 Å². The average molecular weight is 275 g/mol. The second kappa shape index (κ2) is 6.15. The molecule has 3 atom stereocenters. The van der Waals surface area contributed by atoms with Crippen molar-refractivity contribution in [2.24, 2.45) is 0 Å². The number of hydrogen-bond donors (Lipinski definition) is 2. The summed E-state index contributed by atoms with van der Waals surface area (Å²) in [5.74, 6) is 1.03. The summed E-state index contributed by atoms with van der Waals surface area (Å²) < 4.78 is 5.98. The van der Waals surface area contributed by atoms with Crippen molar-refractivity contribution in [1.82, 2.24) is 5.32 Å². The first-order valence-electron chi connectivity index (χ1n) is 7.90. The Morgan fingerprint density at radius 1 is 1.25 bits per heavy atom. The molecule has 1 aliphatic heterocycles. The normalized spacial score (nSPS) is 29.6. The smallest absolute Gasteiger partial charge is 0.123 e. The maximum Gasteiger partial charge on any atom is 0.123 e. The van der Waals surface area contributed by atoms with Crippen LogP contribution >= 0.6 is 0 Å². The number of benzene rings is 1. The molecule has 1 saturated carbocycles. The van der Waals surface area contributed by atoms with E-state index in [1.807, 2.05) is 0 Å². The molecule has 0 amide bonds. The highest BCUT2D eigenvalue weighted by atomic mass is 16.5. The highest BCUT2D eigenvalue weighted by Gasteiger charge is 2.26. The van der Waals surface area contributed by atoms with E-state index in [2.05, 4.69) is 30.4 Å². The minimum atomic E-state index is -0.191. The molecule has 1 heterocycles. The van der Waals surface area contributed by atoms with Gasteiger partial charge in [0.15, 0.2) is 0 Å². The minimum Gasteiger partial charge on any atom is -0.488 e. The Balaban J connectivity index is 1.53. The standard InChI is InChI=1S/C17H25NO2/c1-12-7-8-17-13(9-12)10-14(20-17)11-18-15-5-3-2-4-6-16(15)19/h7-9,14-16,18-19H,2-6,10-11H2,1H3. The van der Waals surface area contributed by atoms with Crippen LogP contribution in [0.4, 0.5) is 0 Å². The summed E-state index contributed by atoms with van der Waals surface area (Å²) in [6.07, 6.45) is 6.64. The number of aliphatic hydroxyl groups excluding tert-OH is 1. The topological polar surface area (TPSA) is 41.5 Å². The summed E-state index contributed by atoms with van der Waals surface area (Å²) in [4.78, 5) is 0. The Morgan fingerprint density at radius 3 is 3.00 bits per heavy atom. The highest BCUT2D eigenvalue weighted by Crippen LogP contribution is 2.29. The molecule has 3 rings (SSSR count). The van der Waals surface area contributed by atoms with Crippen LogP contribution in [0.15, 0.2) is 18.2 Å². The summed E-state index contributed by atoms with van der Waals surface area (Å²) in [6.45, 7) is 2.95. The summed E-state index contributed by atoms with van der Waals surface area (Å²) in [5.41, 5.74) is 2.61. The third-order valence-corrected chi connectivity index (χ3v) is 4.54. The van der Waals surface area contributed by atoms with Gasteiger partial charge >= 0.3 is 0 Å². The van der Waals surface area contributed by atoms with Crippen LogP contribution in [-0.4, -0.2) is 29.9 Å². The molecule has 0 spiro atoms. The lowest BCUT2D eigenvalue weighted by molar-refractivity contribution is 0.112. The lowest BCUT2D eigenvalue weighted by atomic mass is 10.0. The van der Waals surface area contributed by atoms with E-state index in [1.165, 1.54) is 24.0 Å². The number of nitrogens with one attached hydrogen (secondary N) is 1. The van der Waals surface area contributed by atoms with Gasteiger partial charge in [0.1, 0.15) is 11.9 Å². The third kappa shape index (κ3) is 3.15. The van der Waals surface area contributed by atoms with Gasteiger partial charge in [-0.15, -0.1) is 0 Å². The van der Waals surface area contributed by atoms with Gasteiger partial charge in [0.25, 0.3) is 0 Å². The van der Waals surface area contributed by atoms with Crippen molar-refractivity contribution in [3.05, 3.63) is 29.3 Å². The van der Waals surface area contributed by atoms with E-state index in [4.69, 9.17) is 4.74 Å². The van der Waals surface area contributed by atoms with Gasteiger partial charge in [-0.2, -0.15) is 0 Å². The van der Waals surface area contributed by atoms with Crippen LogP contribution in [0.5, 0.6) is 5.75 Å². The van der Waals surface area contributed by atoms with Crippen LogP contribution in [0.25, 0.3) is 0 Å². The van der Waals surface area contributed by atoms with Crippen molar-refractivity contribution in [1.29, 1.82) is 0 Å². The maximum atomic E-state index is 10.1. The fourth-order valence-electron chi connectivity index (χ4n) is 3.37. The van der Waals surface area contributed by atoms with Crippen molar-refractivity contribution < 1.29 is 9.84 Å². The SMILES string of the molecule is Cc1ccc2c(c1)CC(CNC1CCCCCC1O)O2. The van der Waals surface area contributed by atoms with Crippen LogP contribution in [0, 0.1) is 6.92 Å². The Hall–Kier alpha value is -1.06. The fourth-order valence-corrected chi connectivity index (χ4v) is 3.37. The molecule has 0 radical (unpaired) electrons. The second-order valence-electron chi connectivity index (χ2n) is 6.28. The van der Waals surface area contributed by atoms with Crippen molar-refractivity contribution in [3.8, 4) is 5.75 Å². The number of hydrogen-bond acceptors (Lipinski definition) is 3. The van der Waals surface area contributed by atoms with Crippen molar-refractivity contribution >= 4 is 0 Å². The van der Waals surface area contributed by atoms with E-state index in [-0.39, 0.29) is 18.2 Å².